The number of amides is 1. The van der Waals surface area contributed by atoms with Crippen LogP contribution >= 0.6 is 0 Å². The molecule has 0 aliphatic heterocycles. The van der Waals surface area contributed by atoms with Crippen molar-refractivity contribution in [2.45, 2.75) is 18.7 Å². The third-order valence-electron chi connectivity index (χ3n) is 4.68. The molecule has 0 radical (unpaired) electrons. The molecule has 0 spiro atoms. The molecule has 0 aromatic heterocycles. The van der Waals surface area contributed by atoms with E-state index in [9.17, 15) is 13.2 Å². The molecule has 0 saturated heterocycles. The molecule has 0 fully saturated rings. The minimum absolute atomic E-state index is 0.121. The molecule has 0 saturated carbocycles. The lowest BCUT2D eigenvalue weighted by molar-refractivity contribution is -0.118. The van der Waals surface area contributed by atoms with E-state index in [2.05, 4.69) is 15.2 Å². The Hall–Kier alpha value is -3.85. The number of anilines is 1. The quantitative estimate of drug-likeness (QED) is 0.369. The molecule has 0 aliphatic carbocycles. The monoisotopic (exact) mass is 467 g/mol. The average molecular weight is 468 g/mol. The third kappa shape index (κ3) is 6.56. The summed E-state index contributed by atoms with van der Waals surface area (Å²) in [7, 11) is -2.30. The molecule has 3 aromatic carbocycles. The van der Waals surface area contributed by atoms with Gasteiger partial charge in [0.1, 0.15) is 0 Å². The normalized spacial score (nSPS) is 11.2. The molecule has 3 rings (SSSR count). The summed E-state index contributed by atoms with van der Waals surface area (Å²) < 4.78 is 35.5. The first kappa shape index (κ1) is 23.8. The molecule has 0 atom stereocenters. The summed E-state index contributed by atoms with van der Waals surface area (Å²) in [6, 6.07) is 18.8. The van der Waals surface area contributed by atoms with Crippen LogP contribution in [0.3, 0.4) is 0 Å². The standard InChI is InChI=1S/C24H25N3O5S/c1-17-8-11-20(12-9-17)33(29,30)27-25-15-19-10-13-22(23(14-19)31-3)32-16-24(28)26-21-7-5-4-6-18(21)2/h4-15,27H,16H2,1-3H3,(H,26,28)/b25-15-. The SMILES string of the molecule is COc1cc(/C=N\NS(=O)(=O)c2ccc(C)cc2)ccc1OCC(=O)Nc1ccccc1C. The highest BCUT2D eigenvalue weighted by Crippen LogP contribution is 2.27. The van der Waals surface area contributed by atoms with E-state index in [0.717, 1.165) is 16.8 Å². The van der Waals surface area contributed by atoms with E-state index in [-0.39, 0.29) is 17.4 Å². The lowest BCUT2D eigenvalue weighted by atomic mass is 10.2. The van der Waals surface area contributed by atoms with Crippen LogP contribution in [0.1, 0.15) is 16.7 Å². The summed E-state index contributed by atoms with van der Waals surface area (Å²) in [4.78, 5) is 14.5. The van der Waals surface area contributed by atoms with Crippen molar-refractivity contribution in [3.8, 4) is 11.5 Å². The molecule has 0 bridgehead atoms. The van der Waals surface area contributed by atoms with Crippen LogP contribution < -0.4 is 19.6 Å². The van der Waals surface area contributed by atoms with Crippen molar-refractivity contribution >= 4 is 27.8 Å². The number of aryl methyl sites for hydroxylation is 2. The molecule has 8 nitrogen and oxygen atoms in total. The minimum atomic E-state index is -3.77. The largest absolute Gasteiger partial charge is 0.493 e. The van der Waals surface area contributed by atoms with Gasteiger partial charge < -0.3 is 14.8 Å². The molecular weight excluding hydrogens is 442 g/mol. The summed E-state index contributed by atoms with van der Waals surface area (Å²) in [6.45, 7) is 3.58. The van der Waals surface area contributed by atoms with E-state index in [0.29, 0.717) is 17.1 Å². The summed E-state index contributed by atoms with van der Waals surface area (Å²) in [5.74, 6) is 0.446. The Labute approximate surface area is 193 Å². The van der Waals surface area contributed by atoms with Gasteiger partial charge in [-0.3, -0.25) is 4.79 Å². The van der Waals surface area contributed by atoms with Crippen molar-refractivity contribution in [2.75, 3.05) is 19.0 Å². The second-order valence-electron chi connectivity index (χ2n) is 7.23. The Morgan fingerprint density at radius 1 is 1.00 bits per heavy atom. The number of benzene rings is 3. The van der Waals surface area contributed by atoms with Crippen LogP contribution in [0.5, 0.6) is 11.5 Å². The number of nitrogens with one attached hydrogen (secondary N) is 2. The number of methoxy groups -OCH3 is 1. The molecule has 1 amide bonds. The molecule has 33 heavy (non-hydrogen) atoms. The number of para-hydroxylation sites is 1. The summed E-state index contributed by atoms with van der Waals surface area (Å²) >= 11 is 0. The Balaban J connectivity index is 1.61. The van der Waals surface area contributed by atoms with Gasteiger partial charge in [-0.15, -0.1) is 0 Å². The highest BCUT2D eigenvalue weighted by atomic mass is 32.2. The molecule has 3 aromatic rings. The summed E-state index contributed by atoms with van der Waals surface area (Å²) in [6.07, 6.45) is 1.35. The van der Waals surface area contributed by atoms with Gasteiger partial charge in [0.25, 0.3) is 15.9 Å². The average Bonchev–Trinajstić information content (AvgIpc) is 2.79. The van der Waals surface area contributed by atoms with E-state index < -0.39 is 10.0 Å². The molecule has 172 valence electrons. The lowest BCUT2D eigenvalue weighted by Crippen LogP contribution is -2.20. The maximum atomic E-state index is 12.3. The van der Waals surface area contributed by atoms with Crippen LogP contribution in [0.4, 0.5) is 5.69 Å². The van der Waals surface area contributed by atoms with Gasteiger partial charge in [-0.1, -0.05) is 35.9 Å². The van der Waals surface area contributed by atoms with Gasteiger partial charge in [0, 0.05) is 5.69 Å². The number of carbonyl (C=O) groups excluding carboxylic acids is 1. The minimum Gasteiger partial charge on any atom is -0.493 e. The Morgan fingerprint density at radius 3 is 2.42 bits per heavy atom. The first-order valence-electron chi connectivity index (χ1n) is 10.1. The maximum Gasteiger partial charge on any atom is 0.276 e. The van der Waals surface area contributed by atoms with Crippen LogP contribution in [0.15, 0.2) is 76.7 Å². The van der Waals surface area contributed by atoms with Crippen LogP contribution in [-0.2, 0) is 14.8 Å². The number of sulfonamides is 1. The van der Waals surface area contributed by atoms with Crippen LogP contribution in [0, 0.1) is 13.8 Å². The second kappa shape index (κ2) is 10.6. The first-order chi connectivity index (χ1) is 15.8. The fourth-order valence-electron chi connectivity index (χ4n) is 2.87. The molecule has 2 N–H and O–H groups in total. The zero-order valence-electron chi connectivity index (χ0n) is 18.5. The Morgan fingerprint density at radius 2 is 1.73 bits per heavy atom. The molecule has 0 unspecified atom stereocenters. The van der Waals surface area contributed by atoms with Gasteiger partial charge in [0.2, 0.25) is 0 Å². The topological polar surface area (TPSA) is 106 Å². The van der Waals surface area contributed by atoms with Crippen molar-refractivity contribution < 1.29 is 22.7 Å². The van der Waals surface area contributed by atoms with Crippen LogP contribution in [-0.4, -0.2) is 34.3 Å². The predicted molar refractivity (Wildman–Crippen MR) is 127 cm³/mol. The molecule has 0 heterocycles. The van der Waals surface area contributed by atoms with Gasteiger partial charge in [0.15, 0.2) is 18.1 Å². The smallest absolute Gasteiger partial charge is 0.276 e. The molecular formula is C24H25N3O5S. The fraction of sp³-hybridized carbons (Fsp3) is 0.167. The molecule has 0 aliphatic rings. The number of rotatable bonds is 9. The van der Waals surface area contributed by atoms with Crippen molar-refractivity contribution in [2.24, 2.45) is 5.10 Å². The molecule has 9 heteroatoms. The predicted octanol–water partition coefficient (Wildman–Crippen LogP) is 3.64. The number of hydrogen-bond acceptors (Lipinski definition) is 6. The van der Waals surface area contributed by atoms with E-state index in [1.807, 2.05) is 38.1 Å². The lowest BCUT2D eigenvalue weighted by Gasteiger charge is -2.12. The van der Waals surface area contributed by atoms with Gasteiger partial charge in [-0.2, -0.15) is 13.5 Å². The second-order valence-corrected chi connectivity index (χ2v) is 8.89. The van der Waals surface area contributed by atoms with Crippen molar-refractivity contribution in [3.05, 3.63) is 83.4 Å². The van der Waals surface area contributed by atoms with Crippen molar-refractivity contribution in [1.29, 1.82) is 0 Å². The number of hydrogen-bond donors (Lipinski definition) is 2. The van der Waals surface area contributed by atoms with Crippen LogP contribution in [0.2, 0.25) is 0 Å². The van der Waals surface area contributed by atoms with Gasteiger partial charge in [0.05, 0.1) is 18.2 Å². The van der Waals surface area contributed by atoms with E-state index in [4.69, 9.17) is 9.47 Å². The number of carbonyl (C=O) groups is 1. The van der Waals surface area contributed by atoms with Gasteiger partial charge >= 0.3 is 0 Å². The summed E-state index contributed by atoms with van der Waals surface area (Å²) in [5, 5.41) is 6.62. The van der Waals surface area contributed by atoms with Gasteiger partial charge in [-0.05, 0) is 61.4 Å². The number of nitrogens with zero attached hydrogens (tertiary/aromatic N) is 1. The first-order valence-corrected chi connectivity index (χ1v) is 11.5. The Kier molecular flexibility index (Phi) is 7.68. The highest BCUT2D eigenvalue weighted by molar-refractivity contribution is 7.89. The van der Waals surface area contributed by atoms with Crippen LogP contribution in [0.25, 0.3) is 0 Å². The highest BCUT2D eigenvalue weighted by Gasteiger charge is 2.12. The summed E-state index contributed by atoms with van der Waals surface area (Å²) in [5.41, 5.74) is 3.21. The zero-order valence-corrected chi connectivity index (χ0v) is 19.3. The number of hydrazone groups is 1. The Bertz CT molecular complexity index is 1260. The third-order valence-corrected chi connectivity index (χ3v) is 5.92. The zero-order chi connectivity index (χ0) is 23.8. The fourth-order valence-corrected chi connectivity index (χ4v) is 3.66. The van der Waals surface area contributed by atoms with E-state index in [1.165, 1.54) is 25.5 Å². The van der Waals surface area contributed by atoms with E-state index >= 15 is 0 Å². The van der Waals surface area contributed by atoms with Crippen molar-refractivity contribution in [3.63, 3.8) is 0 Å². The van der Waals surface area contributed by atoms with Gasteiger partial charge in [-0.25, -0.2) is 4.83 Å². The maximum absolute atomic E-state index is 12.3. The van der Waals surface area contributed by atoms with Crippen molar-refractivity contribution in [1.82, 2.24) is 4.83 Å². The van der Waals surface area contributed by atoms with E-state index in [1.54, 1.807) is 30.3 Å². The number of ether oxygens (including phenoxy) is 2.